The van der Waals surface area contributed by atoms with Gasteiger partial charge in [-0.15, -0.1) is 11.8 Å². The average molecular weight is 423 g/mol. The fourth-order valence-electron chi connectivity index (χ4n) is 3.07. The second-order valence-corrected chi connectivity index (χ2v) is 8.07. The van der Waals surface area contributed by atoms with Gasteiger partial charge in [-0.05, 0) is 61.9 Å². The lowest BCUT2D eigenvalue weighted by atomic mass is 10.1. The van der Waals surface area contributed by atoms with Gasteiger partial charge in [-0.3, -0.25) is 9.59 Å². The molecule has 4 nitrogen and oxygen atoms in total. The molecule has 0 aliphatic carbocycles. The SMILES string of the molecule is CSc1ccc(Cl)c(C(=O)Nc2cc(Cl)ccc2C(=O)N2CCCCC2)c1. The number of carbonyl (C=O) groups excluding carboxylic acids is 2. The molecular weight excluding hydrogens is 403 g/mol. The first-order valence-corrected chi connectivity index (χ1v) is 10.7. The van der Waals surface area contributed by atoms with Crippen LogP contribution in [0.5, 0.6) is 0 Å². The Labute approximate surface area is 173 Å². The average Bonchev–Trinajstić information content (AvgIpc) is 2.68. The number of likely N-dealkylation sites (tertiary alicyclic amines) is 1. The van der Waals surface area contributed by atoms with E-state index in [9.17, 15) is 9.59 Å². The van der Waals surface area contributed by atoms with E-state index in [1.807, 2.05) is 17.2 Å². The number of thioether (sulfide) groups is 1. The molecule has 0 unspecified atom stereocenters. The lowest BCUT2D eigenvalue weighted by Crippen LogP contribution is -2.36. The highest BCUT2D eigenvalue weighted by Gasteiger charge is 2.22. The Balaban J connectivity index is 1.89. The molecule has 0 aromatic heterocycles. The predicted molar refractivity (Wildman–Crippen MR) is 112 cm³/mol. The highest BCUT2D eigenvalue weighted by atomic mass is 35.5. The number of hydrogen-bond donors (Lipinski definition) is 1. The molecule has 1 fully saturated rings. The molecule has 1 saturated heterocycles. The van der Waals surface area contributed by atoms with Crippen molar-refractivity contribution in [3.05, 3.63) is 57.6 Å². The standard InChI is InChI=1S/C20H20Cl2N2O2S/c1-27-14-6-8-17(22)16(12-14)19(25)23-18-11-13(21)5-7-15(18)20(26)24-9-3-2-4-10-24/h5-8,11-12H,2-4,9-10H2,1H3,(H,23,25). The van der Waals surface area contributed by atoms with E-state index < -0.39 is 0 Å². The fraction of sp³-hybridized carbons (Fsp3) is 0.300. The van der Waals surface area contributed by atoms with Crippen LogP contribution in [0, 0.1) is 0 Å². The van der Waals surface area contributed by atoms with Crippen molar-refractivity contribution in [1.82, 2.24) is 4.90 Å². The molecule has 0 radical (unpaired) electrons. The van der Waals surface area contributed by atoms with Gasteiger partial charge in [-0.1, -0.05) is 23.2 Å². The summed E-state index contributed by atoms with van der Waals surface area (Å²) < 4.78 is 0. The van der Waals surface area contributed by atoms with Crippen molar-refractivity contribution in [2.24, 2.45) is 0 Å². The van der Waals surface area contributed by atoms with Crippen LogP contribution in [0.2, 0.25) is 10.0 Å². The molecule has 1 heterocycles. The summed E-state index contributed by atoms with van der Waals surface area (Å²) in [5.41, 5.74) is 1.19. The van der Waals surface area contributed by atoms with Gasteiger partial charge in [0.25, 0.3) is 11.8 Å². The maximum Gasteiger partial charge on any atom is 0.257 e. The maximum absolute atomic E-state index is 12.9. The minimum Gasteiger partial charge on any atom is -0.339 e. The molecular formula is C20H20Cl2N2O2S. The van der Waals surface area contributed by atoms with Crippen molar-refractivity contribution >= 4 is 52.5 Å². The van der Waals surface area contributed by atoms with Crippen LogP contribution >= 0.6 is 35.0 Å². The van der Waals surface area contributed by atoms with Gasteiger partial charge in [0.05, 0.1) is 21.8 Å². The van der Waals surface area contributed by atoms with Crippen LogP contribution in [0.1, 0.15) is 40.0 Å². The van der Waals surface area contributed by atoms with Gasteiger partial charge in [0.1, 0.15) is 0 Å². The number of anilines is 1. The van der Waals surface area contributed by atoms with Crippen LogP contribution in [0.4, 0.5) is 5.69 Å². The lowest BCUT2D eigenvalue weighted by molar-refractivity contribution is 0.0725. The molecule has 2 aromatic carbocycles. The van der Waals surface area contributed by atoms with Crippen LogP contribution < -0.4 is 5.32 Å². The summed E-state index contributed by atoms with van der Waals surface area (Å²) in [6.45, 7) is 1.47. The fourth-order valence-corrected chi connectivity index (χ4v) is 3.88. The normalized spacial score (nSPS) is 14.1. The topological polar surface area (TPSA) is 49.4 Å². The number of halogens is 2. The number of rotatable bonds is 4. The van der Waals surface area contributed by atoms with Crippen molar-refractivity contribution in [3.63, 3.8) is 0 Å². The Morgan fingerprint density at radius 1 is 1.00 bits per heavy atom. The smallest absolute Gasteiger partial charge is 0.257 e. The third kappa shape index (κ3) is 4.78. The molecule has 27 heavy (non-hydrogen) atoms. The monoisotopic (exact) mass is 422 g/mol. The Morgan fingerprint density at radius 2 is 1.74 bits per heavy atom. The summed E-state index contributed by atoms with van der Waals surface area (Å²) >= 11 is 13.8. The number of benzene rings is 2. The minimum absolute atomic E-state index is 0.0920. The van der Waals surface area contributed by atoms with Gasteiger partial charge in [-0.25, -0.2) is 0 Å². The van der Waals surface area contributed by atoms with E-state index in [4.69, 9.17) is 23.2 Å². The maximum atomic E-state index is 12.9. The number of carbonyl (C=O) groups is 2. The van der Waals surface area contributed by atoms with Gasteiger partial charge < -0.3 is 10.2 Å². The lowest BCUT2D eigenvalue weighted by Gasteiger charge is -2.27. The molecule has 2 aromatic rings. The van der Waals surface area contributed by atoms with E-state index in [1.54, 1.807) is 30.3 Å². The largest absolute Gasteiger partial charge is 0.339 e. The van der Waals surface area contributed by atoms with E-state index in [0.717, 1.165) is 37.2 Å². The summed E-state index contributed by atoms with van der Waals surface area (Å²) in [6, 6.07) is 10.2. The third-order valence-electron chi connectivity index (χ3n) is 4.52. The van der Waals surface area contributed by atoms with Crippen LogP contribution in [-0.2, 0) is 0 Å². The Morgan fingerprint density at radius 3 is 2.44 bits per heavy atom. The Bertz CT molecular complexity index is 867. The molecule has 0 spiro atoms. The second kappa shape index (κ2) is 9.00. The quantitative estimate of drug-likeness (QED) is 0.652. The number of amides is 2. The number of hydrogen-bond acceptors (Lipinski definition) is 3. The zero-order chi connectivity index (χ0) is 19.4. The Kier molecular flexibility index (Phi) is 6.68. The summed E-state index contributed by atoms with van der Waals surface area (Å²) in [4.78, 5) is 28.5. The van der Waals surface area contributed by atoms with E-state index >= 15 is 0 Å². The highest BCUT2D eigenvalue weighted by Crippen LogP contribution is 2.27. The van der Waals surface area contributed by atoms with Crippen molar-refractivity contribution in [2.75, 3.05) is 24.7 Å². The Hall–Kier alpha value is -1.69. The molecule has 1 N–H and O–H groups in total. The summed E-state index contributed by atoms with van der Waals surface area (Å²) in [5.74, 6) is -0.462. The number of nitrogens with one attached hydrogen (secondary N) is 1. The molecule has 1 aliphatic heterocycles. The van der Waals surface area contributed by atoms with E-state index in [1.165, 1.54) is 11.8 Å². The molecule has 1 aliphatic rings. The van der Waals surface area contributed by atoms with Crippen molar-refractivity contribution in [2.45, 2.75) is 24.2 Å². The van der Waals surface area contributed by atoms with Gasteiger partial charge in [-0.2, -0.15) is 0 Å². The zero-order valence-electron chi connectivity index (χ0n) is 14.9. The second-order valence-electron chi connectivity index (χ2n) is 6.34. The highest BCUT2D eigenvalue weighted by molar-refractivity contribution is 7.98. The van der Waals surface area contributed by atoms with Gasteiger partial charge in [0.2, 0.25) is 0 Å². The van der Waals surface area contributed by atoms with Crippen molar-refractivity contribution in [1.29, 1.82) is 0 Å². The van der Waals surface area contributed by atoms with Crippen LogP contribution in [0.15, 0.2) is 41.3 Å². The minimum atomic E-state index is -0.370. The predicted octanol–water partition coefficient (Wildman–Crippen LogP) is 5.59. The van der Waals surface area contributed by atoms with Gasteiger partial charge in [0, 0.05) is 23.0 Å². The van der Waals surface area contributed by atoms with E-state index in [0.29, 0.717) is 26.9 Å². The first kappa shape index (κ1) is 20.1. The van der Waals surface area contributed by atoms with Crippen molar-refractivity contribution in [3.8, 4) is 0 Å². The first-order valence-electron chi connectivity index (χ1n) is 8.73. The van der Waals surface area contributed by atoms with Crippen molar-refractivity contribution < 1.29 is 9.59 Å². The number of nitrogens with zero attached hydrogens (tertiary/aromatic N) is 1. The molecule has 2 amide bonds. The van der Waals surface area contributed by atoms with E-state index in [2.05, 4.69) is 5.32 Å². The number of piperidine rings is 1. The molecule has 0 saturated carbocycles. The molecule has 142 valence electrons. The first-order chi connectivity index (χ1) is 13.0. The summed E-state index contributed by atoms with van der Waals surface area (Å²) in [6.07, 6.45) is 5.06. The summed E-state index contributed by atoms with van der Waals surface area (Å²) in [5, 5.41) is 3.62. The molecule has 0 atom stereocenters. The summed E-state index contributed by atoms with van der Waals surface area (Å²) in [7, 11) is 0. The zero-order valence-corrected chi connectivity index (χ0v) is 17.3. The van der Waals surface area contributed by atoms with Crippen LogP contribution in [0.25, 0.3) is 0 Å². The third-order valence-corrected chi connectivity index (χ3v) is 5.81. The molecule has 3 rings (SSSR count). The van der Waals surface area contributed by atoms with Gasteiger partial charge >= 0.3 is 0 Å². The molecule has 7 heteroatoms. The van der Waals surface area contributed by atoms with E-state index in [-0.39, 0.29) is 11.8 Å². The van der Waals surface area contributed by atoms with Gasteiger partial charge in [0.15, 0.2) is 0 Å². The van der Waals surface area contributed by atoms with Crippen LogP contribution in [-0.4, -0.2) is 36.1 Å². The van der Waals surface area contributed by atoms with Crippen LogP contribution in [0.3, 0.4) is 0 Å². The molecule has 0 bridgehead atoms.